The lowest BCUT2D eigenvalue weighted by molar-refractivity contribution is 1.08. The van der Waals surface area contributed by atoms with Crippen molar-refractivity contribution in [1.29, 1.82) is 0 Å². The second-order valence-electron chi connectivity index (χ2n) is 4.89. The van der Waals surface area contributed by atoms with Crippen LogP contribution in [-0.2, 0) is 0 Å². The zero-order chi connectivity index (χ0) is 15.1. The summed E-state index contributed by atoms with van der Waals surface area (Å²) in [4.78, 5) is 13.3. The number of aromatic nitrogens is 3. The Morgan fingerprint density at radius 3 is 2.86 bits per heavy atom. The molecule has 4 rings (SSSR count). The molecule has 0 fully saturated rings. The van der Waals surface area contributed by atoms with Crippen LogP contribution in [0.2, 0.25) is 5.02 Å². The predicted octanol–water partition coefficient (Wildman–Crippen LogP) is 4.50. The van der Waals surface area contributed by atoms with Gasteiger partial charge in [0, 0.05) is 27.2 Å². The first-order chi connectivity index (χ1) is 10.7. The Morgan fingerprint density at radius 2 is 1.95 bits per heavy atom. The molecular formula is C16H11ClN4S. The maximum atomic E-state index is 6.02. The van der Waals surface area contributed by atoms with Gasteiger partial charge in [0.05, 0.1) is 16.6 Å². The summed E-state index contributed by atoms with van der Waals surface area (Å²) in [7, 11) is 0. The number of nitrogens with two attached hydrogens (primary N) is 1. The average molecular weight is 327 g/mol. The number of H-pyrrole nitrogens is 1. The fourth-order valence-electron chi connectivity index (χ4n) is 2.34. The molecule has 6 heteroatoms. The molecule has 2 heterocycles. The van der Waals surface area contributed by atoms with Crippen LogP contribution in [0.1, 0.15) is 0 Å². The molecule has 2 aromatic heterocycles. The lowest BCUT2D eigenvalue weighted by Crippen LogP contribution is -1.83. The van der Waals surface area contributed by atoms with Gasteiger partial charge in [-0.05, 0) is 36.4 Å². The topological polar surface area (TPSA) is 67.6 Å². The van der Waals surface area contributed by atoms with Crippen molar-refractivity contribution in [2.75, 3.05) is 5.73 Å². The van der Waals surface area contributed by atoms with E-state index in [1.165, 1.54) is 0 Å². The van der Waals surface area contributed by atoms with Gasteiger partial charge >= 0.3 is 0 Å². The predicted molar refractivity (Wildman–Crippen MR) is 91.4 cm³/mol. The largest absolute Gasteiger partial charge is 0.399 e. The van der Waals surface area contributed by atoms with Crippen molar-refractivity contribution >= 4 is 51.0 Å². The molecule has 108 valence electrons. The first kappa shape index (κ1) is 13.4. The minimum absolute atomic E-state index is 0.682. The summed E-state index contributed by atoms with van der Waals surface area (Å²) in [6.07, 6.45) is 1.78. The molecule has 0 bridgehead atoms. The van der Waals surface area contributed by atoms with Crippen molar-refractivity contribution in [2.45, 2.75) is 10.1 Å². The van der Waals surface area contributed by atoms with E-state index in [2.05, 4.69) is 15.0 Å². The van der Waals surface area contributed by atoms with Crippen LogP contribution in [0, 0.1) is 0 Å². The molecule has 0 radical (unpaired) electrons. The molecule has 4 aromatic rings. The van der Waals surface area contributed by atoms with Crippen LogP contribution in [0.15, 0.2) is 58.7 Å². The van der Waals surface area contributed by atoms with E-state index in [9.17, 15) is 0 Å². The van der Waals surface area contributed by atoms with E-state index in [1.807, 2.05) is 42.5 Å². The third kappa shape index (κ3) is 2.38. The van der Waals surface area contributed by atoms with Crippen LogP contribution >= 0.6 is 23.4 Å². The Labute approximate surface area is 135 Å². The first-order valence-electron chi connectivity index (χ1n) is 6.66. The van der Waals surface area contributed by atoms with E-state index in [-0.39, 0.29) is 0 Å². The summed E-state index contributed by atoms with van der Waals surface area (Å²) in [6.45, 7) is 0. The van der Waals surface area contributed by atoms with Crippen molar-refractivity contribution in [2.24, 2.45) is 0 Å². The molecule has 0 aliphatic carbocycles. The van der Waals surface area contributed by atoms with E-state index in [4.69, 9.17) is 17.3 Å². The number of pyridine rings is 1. The number of nitrogen functional groups attached to an aromatic ring is 1. The van der Waals surface area contributed by atoms with Gasteiger partial charge in [-0.15, -0.1) is 0 Å². The van der Waals surface area contributed by atoms with Crippen LogP contribution in [0.4, 0.5) is 5.69 Å². The Balaban J connectivity index is 1.78. The Morgan fingerprint density at radius 1 is 1.05 bits per heavy atom. The molecule has 0 aliphatic heterocycles. The van der Waals surface area contributed by atoms with Gasteiger partial charge in [0.15, 0.2) is 5.16 Å². The van der Waals surface area contributed by atoms with E-state index in [0.29, 0.717) is 5.02 Å². The number of aromatic amines is 1. The molecule has 0 saturated heterocycles. The molecular weight excluding hydrogens is 316 g/mol. The van der Waals surface area contributed by atoms with Gasteiger partial charge in [-0.25, -0.2) is 4.98 Å². The number of imidazole rings is 1. The third-order valence-electron chi connectivity index (χ3n) is 3.36. The number of nitrogens with one attached hydrogen (secondary N) is 1. The van der Waals surface area contributed by atoms with Gasteiger partial charge < -0.3 is 10.7 Å². The van der Waals surface area contributed by atoms with Gasteiger partial charge in [-0.3, -0.25) is 4.98 Å². The quantitative estimate of drug-likeness (QED) is 0.532. The van der Waals surface area contributed by atoms with Crippen LogP contribution in [0.5, 0.6) is 0 Å². The van der Waals surface area contributed by atoms with Gasteiger partial charge in [0.1, 0.15) is 0 Å². The maximum Gasteiger partial charge on any atom is 0.171 e. The molecule has 4 nitrogen and oxygen atoms in total. The molecule has 0 aliphatic rings. The van der Waals surface area contributed by atoms with Crippen LogP contribution in [0.25, 0.3) is 21.9 Å². The van der Waals surface area contributed by atoms with Gasteiger partial charge in [0.2, 0.25) is 0 Å². The monoisotopic (exact) mass is 326 g/mol. The molecule has 0 spiro atoms. The number of fused-ring (bicyclic) bond motifs is 2. The van der Waals surface area contributed by atoms with Gasteiger partial charge in [-0.1, -0.05) is 29.4 Å². The van der Waals surface area contributed by atoms with Gasteiger partial charge in [0.25, 0.3) is 0 Å². The lowest BCUT2D eigenvalue weighted by Gasteiger charge is -2.03. The van der Waals surface area contributed by atoms with E-state index < -0.39 is 0 Å². The highest BCUT2D eigenvalue weighted by Gasteiger charge is 2.08. The Bertz CT molecular complexity index is 996. The minimum Gasteiger partial charge on any atom is -0.399 e. The number of hydrogen-bond acceptors (Lipinski definition) is 4. The highest BCUT2D eigenvalue weighted by atomic mass is 35.5. The molecule has 0 atom stereocenters. The number of benzene rings is 2. The van der Waals surface area contributed by atoms with Crippen molar-refractivity contribution in [1.82, 2.24) is 15.0 Å². The van der Waals surface area contributed by atoms with E-state index in [0.717, 1.165) is 37.7 Å². The van der Waals surface area contributed by atoms with Crippen molar-refractivity contribution in [3.8, 4) is 0 Å². The fourth-order valence-corrected chi connectivity index (χ4v) is 3.43. The van der Waals surface area contributed by atoms with E-state index >= 15 is 0 Å². The second-order valence-corrected chi connectivity index (χ2v) is 6.36. The smallest absolute Gasteiger partial charge is 0.171 e. The second kappa shape index (κ2) is 5.19. The van der Waals surface area contributed by atoms with Crippen LogP contribution < -0.4 is 5.73 Å². The summed E-state index contributed by atoms with van der Waals surface area (Å²) in [5.41, 5.74) is 9.23. The number of hydrogen-bond donors (Lipinski definition) is 2. The molecule has 0 amide bonds. The molecule has 3 N–H and O–H groups in total. The van der Waals surface area contributed by atoms with Crippen molar-refractivity contribution < 1.29 is 0 Å². The molecule has 0 unspecified atom stereocenters. The maximum absolute atomic E-state index is 6.02. The number of rotatable bonds is 2. The van der Waals surface area contributed by atoms with Crippen LogP contribution in [0.3, 0.4) is 0 Å². The highest BCUT2D eigenvalue weighted by Crippen LogP contribution is 2.33. The number of anilines is 1. The van der Waals surface area contributed by atoms with E-state index in [1.54, 1.807) is 18.0 Å². The molecule has 0 saturated carbocycles. The number of nitrogens with zero attached hydrogens (tertiary/aromatic N) is 2. The first-order valence-corrected chi connectivity index (χ1v) is 7.86. The summed E-state index contributed by atoms with van der Waals surface area (Å²) in [6, 6.07) is 13.3. The fraction of sp³-hybridized carbons (Fsp3) is 0. The Kier molecular flexibility index (Phi) is 3.17. The molecule has 22 heavy (non-hydrogen) atoms. The van der Waals surface area contributed by atoms with Gasteiger partial charge in [-0.2, -0.15) is 0 Å². The summed E-state index contributed by atoms with van der Waals surface area (Å²) >= 11 is 7.59. The normalized spacial score (nSPS) is 11.3. The highest BCUT2D eigenvalue weighted by molar-refractivity contribution is 7.99. The summed E-state index contributed by atoms with van der Waals surface area (Å²) < 4.78 is 0. The zero-order valence-electron chi connectivity index (χ0n) is 11.4. The Hall–Kier alpha value is -2.24. The third-order valence-corrected chi connectivity index (χ3v) is 4.55. The summed E-state index contributed by atoms with van der Waals surface area (Å²) in [5, 5.41) is 2.56. The lowest BCUT2D eigenvalue weighted by atomic mass is 10.2. The minimum atomic E-state index is 0.682. The SMILES string of the molecule is Nc1ccc2nc(Sc3ccnc4cc(Cl)ccc34)[nH]c2c1. The standard InChI is InChI=1S/C16H11ClN4S/c17-9-1-3-11-13(7-9)19-6-5-15(11)22-16-20-12-4-2-10(18)8-14(12)21-16/h1-8H,18H2,(H,20,21). The van der Waals surface area contributed by atoms with Crippen molar-refractivity contribution in [3.63, 3.8) is 0 Å². The molecule has 2 aromatic carbocycles. The summed E-state index contributed by atoms with van der Waals surface area (Å²) in [5.74, 6) is 0. The van der Waals surface area contributed by atoms with Crippen LogP contribution in [-0.4, -0.2) is 15.0 Å². The zero-order valence-corrected chi connectivity index (χ0v) is 12.9. The van der Waals surface area contributed by atoms with Crippen molar-refractivity contribution in [3.05, 3.63) is 53.7 Å². The number of halogens is 1. The average Bonchev–Trinajstić information content (AvgIpc) is 2.88.